The van der Waals surface area contributed by atoms with E-state index in [2.05, 4.69) is 5.32 Å². The molecule has 1 aliphatic heterocycles. The van der Waals surface area contributed by atoms with Gasteiger partial charge < -0.3 is 10.2 Å². The van der Waals surface area contributed by atoms with Gasteiger partial charge in [0, 0.05) is 24.0 Å². The first-order valence-corrected chi connectivity index (χ1v) is 8.96. The van der Waals surface area contributed by atoms with Crippen molar-refractivity contribution in [2.24, 2.45) is 0 Å². The number of fused-ring (bicyclic) bond motifs is 1. The second-order valence-electron chi connectivity index (χ2n) is 6.68. The SMILES string of the molecule is C[C@H]1CC(=O)Nc2ccccc2N1C(=O)CN(C)Cc1cccc(Cl)c1. The lowest BCUT2D eigenvalue weighted by Gasteiger charge is -2.29. The molecule has 0 fully saturated rings. The van der Waals surface area contributed by atoms with Gasteiger partial charge in [-0.25, -0.2) is 0 Å². The molecular weight excluding hydrogens is 350 g/mol. The van der Waals surface area contributed by atoms with E-state index in [1.54, 1.807) is 4.90 Å². The molecule has 0 aliphatic carbocycles. The number of likely N-dealkylation sites (N-methyl/N-ethyl adjacent to an activating group) is 1. The van der Waals surface area contributed by atoms with Gasteiger partial charge in [-0.05, 0) is 43.8 Å². The van der Waals surface area contributed by atoms with Crippen LogP contribution in [0.5, 0.6) is 0 Å². The first kappa shape index (κ1) is 18.4. The second kappa shape index (κ2) is 7.89. The Labute approximate surface area is 158 Å². The van der Waals surface area contributed by atoms with Crippen molar-refractivity contribution in [3.63, 3.8) is 0 Å². The van der Waals surface area contributed by atoms with Crippen LogP contribution in [0.15, 0.2) is 48.5 Å². The Bertz CT molecular complexity index is 824. The minimum absolute atomic E-state index is 0.0361. The standard InChI is InChI=1S/C20H22ClN3O2/c1-14-10-19(25)22-17-8-3-4-9-18(17)24(14)20(26)13-23(2)12-15-6-5-7-16(21)11-15/h3-9,11,14H,10,12-13H2,1-2H3,(H,22,25)/t14-/m0/s1. The highest BCUT2D eigenvalue weighted by molar-refractivity contribution is 6.30. The predicted octanol–water partition coefficient (Wildman–Crippen LogP) is 3.54. The summed E-state index contributed by atoms with van der Waals surface area (Å²) < 4.78 is 0. The van der Waals surface area contributed by atoms with Gasteiger partial charge in [0.1, 0.15) is 0 Å². The molecule has 0 saturated heterocycles. The van der Waals surface area contributed by atoms with Crippen LogP contribution in [0, 0.1) is 0 Å². The number of hydrogen-bond acceptors (Lipinski definition) is 3. The molecule has 1 atom stereocenters. The molecule has 2 aromatic rings. The number of rotatable bonds is 4. The number of nitrogens with zero attached hydrogens (tertiary/aromatic N) is 2. The first-order valence-electron chi connectivity index (χ1n) is 8.58. The van der Waals surface area contributed by atoms with Crippen LogP contribution in [0.3, 0.4) is 0 Å². The number of para-hydroxylation sites is 2. The zero-order chi connectivity index (χ0) is 18.7. The molecule has 2 amide bonds. The van der Waals surface area contributed by atoms with Crippen molar-refractivity contribution in [1.29, 1.82) is 0 Å². The van der Waals surface area contributed by atoms with E-state index in [4.69, 9.17) is 11.6 Å². The lowest BCUT2D eigenvalue weighted by atomic mass is 10.1. The van der Waals surface area contributed by atoms with Gasteiger partial charge in [-0.15, -0.1) is 0 Å². The molecule has 5 nitrogen and oxygen atoms in total. The van der Waals surface area contributed by atoms with Crippen LogP contribution in [0.4, 0.5) is 11.4 Å². The number of carbonyl (C=O) groups excluding carboxylic acids is 2. The first-order chi connectivity index (χ1) is 12.4. The fourth-order valence-electron chi connectivity index (χ4n) is 3.28. The third kappa shape index (κ3) is 4.23. The van der Waals surface area contributed by atoms with E-state index in [1.165, 1.54) is 0 Å². The van der Waals surface area contributed by atoms with Crippen molar-refractivity contribution in [3.05, 3.63) is 59.1 Å². The fraction of sp³-hybridized carbons (Fsp3) is 0.300. The summed E-state index contributed by atoms with van der Waals surface area (Å²) in [6.45, 7) is 2.77. The van der Waals surface area contributed by atoms with E-state index in [9.17, 15) is 9.59 Å². The summed E-state index contributed by atoms with van der Waals surface area (Å²) in [5.41, 5.74) is 2.47. The topological polar surface area (TPSA) is 52.7 Å². The molecule has 0 radical (unpaired) electrons. The second-order valence-corrected chi connectivity index (χ2v) is 7.12. The van der Waals surface area contributed by atoms with Gasteiger partial charge in [0.2, 0.25) is 11.8 Å². The Hall–Kier alpha value is -2.37. The van der Waals surface area contributed by atoms with Gasteiger partial charge in [0.25, 0.3) is 0 Å². The van der Waals surface area contributed by atoms with Crippen molar-refractivity contribution in [1.82, 2.24) is 4.90 Å². The summed E-state index contributed by atoms with van der Waals surface area (Å²) in [4.78, 5) is 28.7. The van der Waals surface area contributed by atoms with Gasteiger partial charge in [0.15, 0.2) is 0 Å². The summed E-state index contributed by atoms with van der Waals surface area (Å²) in [6, 6.07) is 14.8. The highest BCUT2D eigenvalue weighted by Gasteiger charge is 2.29. The Morgan fingerprint density at radius 2 is 2.04 bits per heavy atom. The fourth-order valence-corrected chi connectivity index (χ4v) is 3.49. The zero-order valence-corrected chi connectivity index (χ0v) is 15.7. The van der Waals surface area contributed by atoms with Gasteiger partial charge >= 0.3 is 0 Å². The molecule has 3 rings (SSSR count). The van der Waals surface area contributed by atoms with Crippen molar-refractivity contribution in [2.45, 2.75) is 25.9 Å². The van der Waals surface area contributed by atoms with Crippen LogP contribution >= 0.6 is 11.6 Å². The molecule has 1 aliphatic rings. The van der Waals surface area contributed by atoms with Gasteiger partial charge in [0.05, 0.1) is 17.9 Å². The Morgan fingerprint density at radius 3 is 2.81 bits per heavy atom. The third-order valence-electron chi connectivity index (χ3n) is 4.37. The van der Waals surface area contributed by atoms with E-state index in [0.29, 0.717) is 17.3 Å². The maximum absolute atomic E-state index is 13.0. The minimum Gasteiger partial charge on any atom is -0.324 e. The molecule has 2 aromatic carbocycles. The zero-order valence-electron chi connectivity index (χ0n) is 14.9. The number of anilines is 2. The molecule has 0 unspecified atom stereocenters. The van der Waals surface area contributed by atoms with Crippen LogP contribution in [-0.4, -0.2) is 36.3 Å². The monoisotopic (exact) mass is 371 g/mol. The summed E-state index contributed by atoms with van der Waals surface area (Å²) in [6.07, 6.45) is 0.276. The molecule has 0 aromatic heterocycles. The molecule has 26 heavy (non-hydrogen) atoms. The number of halogens is 1. The van der Waals surface area contributed by atoms with Gasteiger partial charge in [-0.1, -0.05) is 35.9 Å². The molecular formula is C20H22ClN3O2. The minimum atomic E-state index is -0.203. The smallest absolute Gasteiger partial charge is 0.241 e. The van der Waals surface area contributed by atoms with E-state index >= 15 is 0 Å². The summed E-state index contributed by atoms with van der Waals surface area (Å²) >= 11 is 6.03. The van der Waals surface area contributed by atoms with Crippen molar-refractivity contribution >= 4 is 34.8 Å². The van der Waals surface area contributed by atoms with E-state index in [-0.39, 0.29) is 30.8 Å². The van der Waals surface area contributed by atoms with Crippen LogP contribution in [0.25, 0.3) is 0 Å². The van der Waals surface area contributed by atoms with E-state index in [1.807, 2.05) is 67.4 Å². The summed E-state index contributed by atoms with van der Waals surface area (Å²) in [7, 11) is 1.90. The Kier molecular flexibility index (Phi) is 5.59. The molecule has 1 N–H and O–H groups in total. The number of carbonyl (C=O) groups is 2. The average molecular weight is 372 g/mol. The van der Waals surface area contributed by atoms with Crippen LogP contribution in [0.2, 0.25) is 5.02 Å². The molecule has 0 spiro atoms. The van der Waals surface area contributed by atoms with Crippen molar-refractivity contribution in [3.8, 4) is 0 Å². The summed E-state index contributed by atoms with van der Waals surface area (Å²) in [5, 5.41) is 3.56. The number of nitrogens with one attached hydrogen (secondary N) is 1. The van der Waals surface area contributed by atoms with E-state index in [0.717, 1.165) is 11.3 Å². The quantitative estimate of drug-likeness (QED) is 0.894. The molecule has 0 bridgehead atoms. The Morgan fingerprint density at radius 1 is 1.27 bits per heavy atom. The molecule has 0 saturated carbocycles. The largest absolute Gasteiger partial charge is 0.324 e. The molecule has 136 valence electrons. The van der Waals surface area contributed by atoms with E-state index < -0.39 is 0 Å². The molecule has 1 heterocycles. The lowest BCUT2D eigenvalue weighted by Crippen LogP contribution is -2.44. The van der Waals surface area contributed by atoms with Crippen LogP contribution in [0.1, 0.15) is 18.9 Å². The highest BCUT2D eigenvalue weighted by atomic mass is 35.5. The summed E-state index contributed by atoms with van der Waals surface area (Å²) in [5.74, 6) is -0.112. The normalized spacial score (nSPS) is 16.8. The molecule has 6 heteroatoms. The van der Waals surface area contributed by atoms with Gasteiger partial charge in [-0.2, -0.15) is 0 Å². The average Bonchev–Trinajstić information content (AvgIpc) is 2.68. The van der Waals surface area contributed by atoms with Crippen LogP contribution < -0.4 is 10.2 Å². The number of benzene rings is 2. The maximum Gasteiger partial charge on any atom is 0.241 e. The number of hydrogen-bond donors (Lipinski definition) is 1. The lowest BCUT2D eigenvalue weighted by molar-refractivity contribution is -0.120. The van der Waals surface area contributed by atoms with Gasteiger partial charge in [-0.3, -0.25) is 14.5 Å². The van der Waals surface area contributed by atoms with Crippen molar-refractivity contribution < 1.29 is 9.59 Å². The Balaban J connectivity index is 1.76. The third-order valence-corrected chi connectivity index (χ3v) is 4.61. The number of amides is 2. The van der Waals surface area contributed by atoms with Crippen LogP contribution in [-0.2, 0) is 16.1 Å². The highest BCUT2D eigenvalue weighted by Crippen LogP contribution is 2.31. The predicted molar refractivity (Wildman–Crippen MR) is 104 cm³/mol. The maximum atomic E-state index is 13.0. The van der Waals surface area contributed by atoms with Crippen molar-refractivity contribution in [2.75, 3.05) is 23.8 Å².